The van der Waals surface area contributed by atoms with Gasteiger partial charge < -0.3 is 15.4 Å². The van der Waals surface area contributed by atoms with Gasteiger partial charge in [0.25, 0.3) is 5.91 Å². The Hall–Kier alpha value is -3.41. The van der Waals surface area contributed by atoms with Gasteiger partial charge in [-0.3, -0.25) is 4.79 Å². The van der Waals surface area contributed by atoms with Crippen molar-refractivity contribution in [2.24, 2.45) is 0 Å². The summed E-state index contributed by atoms with van der Waals surface area (Å²) in [5.41, 5.74) is 3.00. The first kappa shape index (κ1) is 19.4. The Morgan fingerprint density at radius 3 is 2.43 bits per heavy atom. The van der Waals surface area contributed by atoms with E-state index in [1.807, 2.05) is 55.5 Å². The molecule has 0 spiro atoms. The molecule has 0 atom stereocenters. The molecule has 2 N–H and O–H groups in total. The number of anilines is 3. The van der Waals surface area contributed by atoms with Crippen LogP contribution in [0.2, 0.25) is 0 Å². The van der Waals surface area contributed by atoms with Crippen LogP contribution in [0, 0.1) is 0 Å². The van der Waals surface area contributed by atoms with E-state index in [0.717, 1.165) is 22.7 Å². The van der Waals surface area contributed by atoms with Crippen LogP contribution in [-0.2, 0) is 0 Å². The molecule has 0 unspecified atom stereocenters. The van der Waals surface area contributed by atoms with Crippen LogP contribution in [0.5, 0.6) is 5.75 Å². The van der Waals surface area contributed by atoms with E-state index >= 15 is 0 Å². The minimum atomic E-state index is -0.284. The van der Waals surface area contributed by atoms with Gasteiger partial charge in [-0.1, -0.05) is 32.0 Å². The molecule has 0 fully saturated rings. The van der Waals surface area contributed by atoms with E-state index in [-0.39, 0.29) is 11.6 Å². The lowest BCUT2D eigenvalue weighted by atomic mass is 10.0. The van der Waals surface area contributed by atoms with Gasteiger partial charge >= 0.3 is 0 Å². The van der Waals surface area contributed by atoms with Crippen LogP contribution in [0.3, 0.4) is 0 Å². The maximum Gasteiger partial charge on any atom is 0.275 e. The van der Waals surface area contributed by atoms with E-state index in [9.17, 15) is 4.79 Å². The molecule has 6 heteroatoms. The van der Waals surface area contributed by atoms with Crippen molar-refractivity contribution in [3.05, 3.63) is 72.2 Å². The van der Waals surface area contributed by atoms with Gasteiger partial charge in [0.05, 0.1) is 19.0 Å². The Kier molecular flexibility index (Phi) is 6.22. The van der Waals surface area contributed by atoms with Crippen molar-refractivity contribution in [2.45, 2.75) is 26.7 Å². The van der Waals surface area contributed by atoms with Crippen LogP contribution in [-0.4, -0.2) is 22.5 Å². The third-order valence-corrected chi connectivity index (χ3v) is 4.15. The number of hydrogen-bond donors (Lipinski definition) is 2. The molecule has 28 heavy (non-hydrogen) atoms. The summed E-state index contributed by atoms with van der Waals surface area (Å²) in [5, 5.41) is 6.07. The molecule has 0 aliphatic heterocycles. The van der Waals surface area contributed by atoms with E-state index in [1.54, 1.807) is 6.20 Å². The molecule has 144 valence electrons. The van der Waals surface area contributed by atoms with Crippen molar-refractivity contribution < 1.29 is 9.53 Å². The second-order valence-electron chi connectivity index (χ2n) is 6.57. The predicted molar refractivity (Wildman–Crippen MR) is 111 cm³/mol. The normalized spacial score (nSPS) is 10.6. The van der Waals surface area contributed by atoms with Gasteiger partial charge in [-0.2, -0.15) is 0 Å². The van der Waals surface area contributed by atoms with Gasteiger partial charge in [0.15, 0.2) is 0 Å². The smallest absolute Gasteiger partial charge is 0.275 e. The molecule has 0 saturated carbocycles. The van der Waals surface area contributed by atoms with Gasteiger partial charge in [-0.15, -0.1) is 0 Å². The molecular formula is C22H24N4O2. The fraction of sp³-hybridized carbons (Fsp3) is 0.227. The molecule has 2 aromatic carbocycles. The molecule has 3 rings (SSSR count). The first-order chi connectivity index (χ1) is 13.6. The highest BCUT2D eigenvalue weighted by atomic mass is 16.5. The monoisotopic (exact) mass is 376 g/mol. The summed E-state index contributed by atoms with van der Waals surface area (Å²) < 4.78 is 5.42. The molecule has 6 nitrogen and oxygen atoms in total. The maximum atomic E-state index is 12.5. The van der Waals surface area contributed by atoms with Gasteiger partial charge in [-0.05, 0) is 48.7 Å². The van der Waals surface area contributed by atoms with Crippen molar-refractivity contribution in [2.75, 3.05) is 17.2 Å². The average molecular weight is 376 g/mol. The van der Waals surface area contributed by atoms with E-state index in [4.69, 9.17) is 4.74 Å². The highest BCUT2D eigenvalue weighted by Gasteiger charge is 2.12. The number of carbonyl (C=O) groups excluding carboxylic acids is 1. The summed E-state index contributed by atoms with van der Waals surface area (Å²) in [7, 11) is 0. The zero-order valence-corrected chi connectivity index (χ0v) is 16.3. The predicted octanol–water partition coefficient (Wildman–Crippen LogP) is 4.99. The lowest BCUT2D eigenvalue weighted by Crippen LogP contribution is -2.15. The Balaban J connectivity index is 1.66. The molecule has 0 aliphatic rings. The van der Waals surface area contributed by atoms with Gasteiger partial charge in [-0.25, -0.2) is 9.97 Å². The zero-order valence-electron chi connectivity index (χ0n) is 16.3. The lowest BCUT2D eigenvalue weighted by molar-refractivity contribution is 0.102. The van der Waals surface area contributed by atoms with E-state index in [2.05, 4.69) is 34.4 Å². The summed E-state index contributed by atoms with van der Waals surface area (Å²) >= 11 is 0. The second-order valence-corrected chi connectivity index (χ2v) is 6.57. The van der Waals surface area contributed by atoms with E-state index in [0.29, 0.717) is 18.3 Å². The molecule has 0 radical (unpaired) electrons. The van der Waals surface area contributed by atoms with Crippen molar-refractivity contribution in [1.82, 2.24) is 9.97 Å². The van der Waals surface area contributed by atoms with Crippen LogP contribution in [0.1, 0.15) is 42.7 Å². The van der Waals surface area contributed by atoms with Crippen LogP contribution in [0.4, 0.5) is 17.2 Å². The minimum Gasteiger partial charge on any atom is -0.494 e. The average Bonchev–Trinajstić information content (AvgIpc) is 2.70. The lowest BCUT2D eigenvalue weighted by Gasteiger charge is -2.13. The topological polar surface area (TPSA) is 76.1 Å². The number of ether oxygens (including phenoxy) is 1. The number of nitrogens with zero attached hydrogens (tertiary/aromatic N) is 2. The number of aromatic nitrogens is 2. The summed E-state index contributed by atoms with van der Waals surface area (Å²) in [5.74, 6) is 1.40. The number of nitrogens with one attached hydrogen (secondary N) is 2. The van der Waals surface area contributed by atoms with Crippen molar-refractivity contribution >= 4 is 23.1 Å². The Morgan fingerprint density at radius 2 is 1.79 bits per heavy atom. The minimum absolute atomic E-state index is 0.260. The van der Waals surface area contributed by atoms with Crippen LogP contribution in [0.25, 0.3) is 0 Å². The molecule has 1 heterocycles. The first-order valence-electron chi connectivity index (χ1n) is 9.29. The summed E-state index contributed by atoms with van der Waals surface area (Å²) in [6, 6.07) is 15.3. The standard InChI is InChI=1S/C22H24N4O2/c1-4-28-17-11-9-16(10-12-17)25-21-14-23-20(13-24-21)22(27)26-19-8-6-5-7-18(19)15(2)3/h5-15H,4H2,1-3H3,(H,24,25)(H,26,27). The highest BCUT2D eigenvalue weighted by molar-refractivity contribution is 6.03. The third kappa shape index (κ3) is 4.85. The molecule has 3 aromatic rings. The number of amides is 1. The molecule has 0 bridgehead atoms. The molecular weight excluding hydrogens is 352 g/mol. The van der Waals surface area contributed by atoms with Crippen LogP contribution >= 0.6 is 0 Å². The molecule has 0 saturated heterocycles. The maximum absolute atomic E-state index is 12.5. The number of carbonyl (C=O) groups is 1. The molecule has 1 amide bonds. The van der Waals surface area contributed by atoms with E-state index < -0.39 is 0 Å². The van der Waals surface area contributed by atoms with Gasteiger partial charge in [0, 0.05) is 11.4 Å². The fourth-order valence-electron chi connectivity index (χ4n) is 2.76. The number of hydrogen-bond acceptors (Lipinski definition) is 5. The van der Waals surface area contributed by atoms with Crippen molar-refractivity contribution in [3.8, 4) is 5.75 Å². The summed E-state index contributed by atoms with van der Waals surface area (Å²) in [6.07, 6.45) is 3.00. The van der Waals surface area contributed by atoms with Crippen molar-refractivity contribution in [3.63, 3.8) is 0 Å². The second kappa shape index (κ2) is 8.99. The number of benzene rings is 2. The summed E-state index contributed by atoms with van der Waals surface area (Å²) in [6.45, 7) is 6.75. The third-order valence-electron chi connectivity index (χ3n) is 4.15. The highest BCUT2D eigenvalue weighted by Crippen LogP contribution is 2.24. The van der Waals surface area contributed by atoms with E-state index in [1.165, 1.54) is 6.20 Å². The molecule has 1 aromatic heterocycles. The first-order valence-corrected chi connectivity index (χ1v) is 9.29. The Bertz CT molecular complexity index is 922. The Labute approximate surface area is 165 Å². The van der Waals surface area contributed by atoms with Crippen molar-refractivity contribution in [1.29, 1.82) is 0 Å². The van der Waals surface area contributed by atoms with Gasteiger partial charge in [0.2, 0.25) is 0 Å². The quantitative estimate of drug-likeness (QED) is 0.607. The Morgan fingerprint density at radius 1 is 1.04 bits per heavy atom. The number of para-hydroxylation sites is 1. The van der Waals surface area contributed by atoms with Crippen LogP contribution < -0.4 is 15.4 Å². The zero-order chi connectivity index (χ0) is 19.9. The fourth-order valence-corrected chi connectivity index (χ4v) is 2.76. The molecule has 0 aliphatic carbocycles. The SMILES string of the molecule is CCOc1ccc(Nc2cnc(C(=O)Nc3ccccc3C(C)C)cn2)cc1. The van der Waals surface area contributed by atoms with Gasteiger partial charge in [0.1, 0.15) is 17.3 Å². The number of rotatable bonds is 7. The summed E-state index contributed by atoms with van der Waals surface area (Å²) in [4.78, 5) is 21.0. The van der Waals surface area contributed by atoms with Crippen LogP contribution in [0.15, 0.2) is 60.9 Å². The largest absolute Gasteiger partial charge is 0.494 e.